The Labute approximate surface area is 91.8 Å². The van der Waals surface area contributed by atoms with E-state index in [1.54, 1.807) is 0 Å². The van der Waals surface area contributed by atoms with Crippen LogP contribution in [0.15, 0.2) is 11.1 Å². The van der Waals surface area contributed by atoms with Crippen molar-refractivity contribution < 1.29 is 14.9 Å². The maximum Gasteiger partial charge on any atom is 0.0794 e. The number of allylic oxidation sites excluding steroid dienone is 1. The van der Waals surface area contributed by atoms with Crippen LogP contribution in [-0.2, 0) is 4.74 Å². The molecule has 0 bridgehead atoms. The van der Waals surface area contributed by atoms with E-state index in [1.165, 1.54) is 11.1 Å². The molecular formula is C12H22O3. The predicted molar refractivity (Wildman–Crippen MR) is 59.6 cm³/mol. The summed E-state index contributed by atoms with van der Waals surface area (Å²) in [7, 11) is 0. The van der Waals surface area contributed by atoms with E-state index in [4.69, 9.17) is 4.74 Å². The van der Waals surface area contributed by atoms with Crippen LogP contribution in [0, 0.1) is 5.41 Å². The molecule has 2 N–H and O–H groups in total. The first-order valence-corrected chi connectivity index (χ1v) is 5.58. The molecule has 0 aromatic rings. The van der Waals surface area contributed by atoms with Gasteiger partial charge in [0.2, 0.25) is 0 Å². The molecule has 15 heavy (non-hydrogen) atoms. The fourth-order valence-electron chi connectivity index (χ4n) is 2.26. The number of rotatable bonds is 4. The van der Waals surface area contributed by atoms with Crippen LogP contribution in [0.5, 0.6) is 0 Å². The summed E-state index contributed by atoms with van der Waals surface area (Å²) in [5.41, 5.74) is 2.13. The lowest BCUT2D eigenvalue weighted by molar-refractivity contribution is 0.0260. The minimum atomic E-state index is -0.369. The van der Waals surface area contributed by atoms with Gasteiger partial charge in [-0.3, -0.25) is 0 Å². The van der Waals surface area contributed by atoms with Crippen molar-refractivity contribution in [2.75, 3.05) is 19.8 Å². The molecule has 1 rings (SSSR count). The van der Waals surface area contributed by atoms with Crippen molar-refractivity contribution in [2.24, 2.45) is 5.41 Å². The second-order valence-corrected chi connectivity index (χ2v) is 4.67. The average Bonchev–Trinajstić information content (AvgIpc) is 2.59. The van der Waals surface area contributed by atoms with Gasteiger partial charge in [-0.15, -0.1) is 0 Å². The van der Waals surface area contributed by atoms with Crippen LogP contribution in [-0.4, -0.2) is 36.1 Å². The van der Waals surface area contributed by atoms with E-state index in [1.807, 2.05) is 6.92 Å². The van der Waals surface area contributed by atoms with Crippen LogP contribution in [0.2, 0.25) is 0 Å². The van der Waals surface area contributed by atoms with E-state index in [0.717, 1.165) is 12.8 Å². The molecule has 1 unspecified atom stereocenters. The molecule has 3 nitrogen and oxygen atoms in total. The van der Waals surface area contributed by atoms with E-state index >= 15 is 0 Å². The fourth-order valence-corrected chi connectivity index (χ4v) is 2.26. The molecule has 1 aliphatic rings. The molecule has 0 aromatic carbocycles. The van der Waals surface area contributed by atoms with Crippen molar-refractivity contribution in [1.29, 1.82) is 0 Å². The summed E-state index contributed by atoms with van der Waals surface area (Å²) >= 11 is 0. The summed E-state index contributed by atoms with van der Waals surface area (Å²) < 4.78 is 5.66. The monoisotopic (exact) mass is 214 g/mol. The summed E-state index contributed by atoms with van der Waals surface area (Å²) in [5, 5.41) is 18.7. The lowest BCUT2D eigenvalue weighted by Gasteiger charge is -2.23. The third kappa shape index (κ3) is 2.60. The third-order valence-electron chi connectivity index (χ3n) is 3.25. The molecule has 0 spiro atoms. The molecule has 1 atom stereocenters. The first kappa shape index (κ1) is 12.7. The quantitative estimate of drug-likeness (QED) is 0.697. The number of hydrogen-bond acceptors (Lipinski definition) is 3. The lowest BCUT2D eigenvalue weighted by atomic mass is 9.88. The molecule has 1 aliphatic carbocycles. The maximum atomic E-state index is 9.36. The molecule has 0 amide bonds. The smallest absolute Gasteiger partial charge is 0.0794 e. The van der Waals surface area contributed by atoms with Crippen molar-refractivity contribution in [3.05, 3.63) is 11.1 Å². The molecule has 0 saturated heterocycles. The fraction of sp³-hybridized carbons (Fsp3) is 0.833. The summed E-state index contributed by atoms with van der Waals surface area (Å²) in [5.74, 6) is 0. The highest BCUT2D eigenvalue weighted by Crippen LogP contribution is 2.43. The number of hydrogen-bond donors (Lipinski definition) is 2. The van der Waals surface area contributed by atoms with Crippen LogP contribution in [0.4, 0.5) is 0 Å². The summed E-state index contributed by atoms with van der Waals surface area (Å²) in [6, 6.07) is 0. The van der Waals surface area contributed by atoms with Crippen LogP contribution in [0.3, 0.4) is 0 Å². The number of ether oxygens (including phenoxy) is 1. The highest BCUT2D eigenvalue weighted by molar-refractivity contribution is 5.23. The van der Waals surface area contributed by atoms with Gasteiger partial charge in [0.25, 0.3) is 0 Å². The highest BCUT2D eigenvalue weighted by atomic mass is 16.5. The van der Waals surface area contributed by atoms with Gasteiger partial charge in [0.15, 0.2) is 0 Å². The van der Waals surface area contributed by atoms with Crippen molar-refractivity contribution >= 4 is 0 Å². The Bertz CT molecular complexity index is 237. The van der Waals surface area contributed by atoms with Gasteiger partial charge in [0.05, 0.1) is 19.3 Å². The molecule has 1 fully saturated rings. The Morgan fingerprint density at radius 1 is 1.40 bits per heavy atom. The first-order valence-electron chi connectivity index (χ1n) is 5.58. The first-order chi connectivity index (χ1) is 7.08. The maximum absolute atomic E-state index is 9.36. The summed E-state index contributed by atoms with van der Waals surface area (Å²) in [6.07, 6.45) is 1.57. The summed E-state index contributed by atoms with van der Waals surface area (Å²) in [4.78, 5) is 0. The number of aliphatic hydroxyl groups is 2. The van der Waals surface area contributed by atoms with E-state index in [2.05, 4.69) is 13.8 Å². The molecule has 88 valence electrons. The third-order valence-corrected chi connectivity index (χ3v) is 3.25. The molecule has 1 saturated carbocycles. The van der Waals surface area contributed by atoms with Crippen molar-refractivity contribution in [3.8, 4) is 0 Å². The second kappa shape index (κ2) is 5.10. The zero-order valence-electron chi connectivity index (χ0n) is 9.92. The van der Waals surface area contributed by atoms with Gasteiger partial charge in [-0.2, -0.15) is 0 Å². The number of aliphatic hydroxyl groups excluding tert-OH is 2. The Balaban J connectivity index is 2.86. The predicted octanol–water partition coefficient (Wildman–Crippen LogP) is 1.49. The summed E-state index contributed by atoms with van der Waals surface area (Å²) in [6.45, 7) is 6.83. The highest BCUT2D eigenvalue weighted by Gasteiger charge is 2.42. The van der Waals surface area contributed by atoms with Crippen molar-refractivity contribution in [3.63, 3.8) is 0 Å². The molecule has 0 aromatic heterocycles. The largest absolute Gasteiger partial charge is 0.396 e. The molecule has 3 heteroatoms. The SMILES string of the molecule is CCOC1CC(CO)(CO)CC1=C(C)C. The van der Waals surface area contributed by atoms with Crippen molar-refractivity contribution in [2.45, 2.75) is 39.7 Å². The van der Waals surface area contributed by atoms with Crippen LogP contribution in [0.25, 0.3) is 0 Å². The van der Waals surface area contributed by atoms with Gasteiger partial charge in [-0.05, 0) is 39.2 Å². The van der Waals surface area contributed by atoms with Crippen LogP contribution < -0.4 is 0 Å². The zero-order valence-corrected chi connectivity index (χ0v) is 9.92. The Morgan fingerprint density at radius 2 is 2.00 bits per heavy atom. The minimum absolute atomic E-state index is 0.0316. The van der Waals surface area contributed by atoms with Crippen LogP contribution in [0.1, 0.15) is 33.6 Å². The van der Waals surface area contributed by atoms with E-state index < -0.39 is 0 Å². The van der Waals surface area contributed by atoms with Gasteiger partial charge in [0.1, 0.15) is 0 Å². The van der Waals surface area contributed by atoms with E-state index in [0.29, 0.717) is 6.61 Å². The van der Waals surface area contributed by atoms with Gasteiger partial charge in [-0.1, -0.05) is 5.57 Å². The average molecular weight is 214 g/mol. The normalized spacial score (nSPS) is 24.6. The van der Waals surface area contributed by atoms with Gasteiger partial charge in [0, 0.05) is 12.0 Å². The molecular weight excluding hydrogens is 192 g/mol. The standard InChI is InChI=1S/C12H22O3/c1-4-15-11-6-12(7-13,8-14)5-10(11)9(2)3/h11,13-14H,4-8H2,1-3H3. The van der Waals surface area contributed by atoms with Gasteiger partial charge >= 0.3 is 0 Å². The van der Waals surface area contributed by atoms with Gasteiger partial charge in [-0.25, -0.2) is 0 Å². The lowest BCUT2D eigenvalue weighted by Crippen LogP contribution is -2.27. The Kier molecular flexibility index (Phi) is 4.32. The minimum Gasteiger partial charge on any atom is -0.396 e. The topological polar surface area (TPSA) is 49.7 Å². The molecule has 0 heterocycles. The zero-order chi connectivity index (χ0) is 11.5. The van der Waals surface area contributed by atoms with Gasteiger partial charge < -0.3 is 14.9 Å². The second-order valence-electron chi connectivity index (χ2n) is 4.67. The molecule has 0 radical (unpaired) electrons. The Morgan fingerprint density at radius 3 is 2.40 bits per heavy atom. The van der Waals surface area contributed by atoms with Crippen molar-refractivity contribution in [1.82, 2.24) is 0 Å². The Hall–Kier alpha value is -0.380. The van der Waals surface area contributed by atoms with E-state index in [-0.39, 0.29) is 24.7 Å². The van der Waals surface area contributed by atoms with E-state index in [9.17, 15) is 10.2 Å². The van der Waals surface area contributed by atoms with Crippen LogP contribution >= 0.6 is 0 Å². The molecule has 0 aliphatic heterocycles.